The average Bonchev–Trinajstić information content (AvgIpc) is 2.71. The summed E-state index contributed by atoms with van der Waals surface area (Å²) in [7, 11) is 0. The fourth-order valence-corrected chi connectivity index (χ4v) is 0.321. The SMILES string of the molecule is [C-]#[O+].[C-]#[O+].[C-]#[O+].[W+2].c1cc[cH-]c1. The van der Waals surface area contributed by atoms with E-state index in [9.17, 15) is 0 Å². The second-order valence-electron chi connectivity index (χ2n) is 0.962. The Hall–Kier alpha value is -0.742. The van der Waals surface area contributed by atoms with Gasteiger partial charge in [0.15, 0.2) is 0 Å². The first-order valence-corrected chi connectivity index (χ1v) is 2.28. The normalized spacial score (nSPS) is 3.83. The maximum atomic E-state index is 7.50. The zero-order valence-electron chi connectivity index (χ0n) is 6.02. The summed E-state index contributed by atoms with van der Waals surface area (Å²) in [6.45, 7) is 13.5. The summed E-state index contributed by atoms with van der Waals surface area (Å²) in [5, 5.41) is 0. The van der Waals surface area contributed by atoms with Crippen molar-refractivity contribution in [2.45, 2.75) is 0 Å². The molecule has 1 rings (SSSR count). The van der Waals surface area contributed by atoms with Crippen molar-refractivity contribution in [3.05, 3.63) is 50.3 Å². The Morgan fingerprint density at radius 2 is 1.00 bits per heavy atom. The van der Waals surface area contributed by atoms with Crippen LogP contribution in [0.5, 0.6) is 0 Å². The third-order valence-corrected chi connectivity index (χ3v) is 0.556. The average molecular weight is 333 g/mol. The first-order valence-electron chi connectivity index (χ1n) is 2.28. The topological polar surface area (TPSA) is 59.7 Å². The summed E-state index contributed by atoms with van der Waals surface area (Å²) in [6.07, 6.45) is 0. The van der Waals surface area contributed by atoms with Gasteiger partial charge < -0.3 is 0 Å². The molecule has 0 heterocycles. The third kappa shape index (κ3) is 34.8. The molecule has 0 aromatic heterocycles. The molecule has 0 radical (unpaired) electrons. The van der Waals surface area contributed by atoms with Crippen LogP contribution in [0.1, 0.15) is 0 Å². The Labute approximate surface area is 85.6 Å². The van der Waals surface area contributed by atoms with E-state index in [1.165, 1.54) is 0 Å². The van der Waals surface area contributed by atoms with E-state index in [0.717, 1.165) is 0 Å². The molecule has 0 saturated heterocycles. The van der Waals surface area contributed by atoms with Gasteiger partial charge in [-0.1, -0.05) is 0 Å². The Balaban J connectivity index is -0.0000000406. The molecule has 0 aliphatic heterocycles. The van der Waals surface area contributed by atoms with E-state index in [1.807, 2.05) is 30.3 Å². The maximum Gasteiger partial charge on any atom is 2.00 e. The molecule has 1 aromatic carbocycles. The largest absolute Gasteiger partial charge is 2.00 e. The molecule has 0 fully saturated rings. The Morgan fingerprint density at radius 3 is 1.08 bits per heavy atom. The molecular formula is C8H5O3W+. The van der Waals surface area contributed by atoms with Crippen molar-refractivity contribution in [3.63, 3.8) is 0 Å². The van der Waals surface area contributed by atoms with Crippen molar-refractivity contribution < 1.29 is 35.0 Å². The van der Waals surface area contributed by atoms with Gasteiger partial charge in [0.2, 0.25) is 0 Å². The first kappa shape index (κ1) is 22.5. The summed E-state index contributed by atoms with van der Waals surface area (Å²) in [5.74, 6) is 0. The van der Waals surface area contributed by atoms with Crippen LogP contribution in [0.15, 0.2) is 30.3 Å². The van der Waals surface area contributed by atoms with Gasteiger partial charge in [-0.15, -0.1) is 0 Å². The minimum atomic E-state index is 0. The van der Waals surface area contributed by atoms with Crippen molar-refractivity contribution in [2.75, 3.05) is 0 Å². The van der Waals surface area contributed by atoms with Gasteiger partial charge in [0.1, 0.15) is 0 Å². The van der Waals surface area contributed by atoms with E-state index in [4.69, 9.17) is 14.0 Å². The molecule has 0 bridgehead atoms. The minimum absolute atomic E-state index is 0. The van der Waals surface area contributed by atoms with Crippen LogP contribution in [0.3, 0.4) is 0 Å². The van der Waals surface area contributed by atoms with Crippen LogP contribution in [0.4, 0.5) is 0 Å². The standard InChI is InChI=1S/C5H5.3CO.W/c1-2-4-5-3-1;3*1-2;/h1-5H;;;;/q-1;;;;+2. The van der Waals surface area contributed by atoms with Gasteiger partial charge in [-0.3, -0.25) is 0 Å². The van der Waals surface area contributed by atoms with Crippen molar-refractivity contribution in [2.24, 2.45) is 0 Å². The van der Waals surface area contributed by atoms with Gasteiger partial charge in [-0.05, 0) is 0 Å². The van der Waals surface area contributed by atoms with Crippen molar-refractivity contribution >= 4 is 0 Å². The maximum absolute atomic E-state index is 7.50. The van der Waals surface area contributed by atoms with Gasteiger partial charge in [0.05, 0.1) is 0 Å². The van der Waals surface area contributed by atoms with Crippen LogP contribution in [0.25, 0.3) is 0 Å². The Bertz CT molecular complexity index is 142. The molecular weight excluding hydrogens is 328 g/mol. The van der Waals surface area contributed by atoms with E-state index in [2.05, 4.69) is 20.0 Å². The molecule has 0 spiro atoms. The molecule has 1 aromatic rings. The smallest absolute Gasteiger partial charge is 0.214 e. The number of rotatable bonds is 0. The molecule has 0 atom stereocenters. The van der Waals surface area contributed by atoms with Gasteiger partial charge in [0, 0.05) is 0 Å². The summed E-state index contributed by atoms with van der Waals surface area (Å²) in [6, 6.07) is 10.0. The van der Waals surface area contributed by atoms with E-state index in [1.54, 1.807) is 0 Å². The fraction of sp³-hybridized carbons (Fsp3) is 0. The van der Waals surface area contributed by atoms with Crippen molar-refractivity contribution in [1.29, 1.82) is 0 Å². The van der Waals surface area contributed by atoms with Crippen molar-refractivity contribution in [1.82, 2.24) is 0 Å². The zero-order valence-corrected chi connectivity index (χ0v) is 8.95. The summed E-state index contributed by atoms with van der Waals surface area (Å²) in [4.78, 5) is 0. The molecule has 60 valence electrons. The first-order chi connectivity index (χ1) is 5.50. The van der Waals surface area contributed by atoms with Crippen LogP contribution in [-0.2, 0) is 35.0 Å². The van der Waals surface area contributed by atoms with E-state index in [0.29, 0.717) is 0 Å². The monoisotopic (exact) mass is 333 g/mol. The van der Waals surface area contributed by atoms with Crippen LogP contribution in [-0.4, -0.2) is 0 Å². The van der Waals surface area contributed by atoms with E-state index >= 15 is 0 Å². The zero-order chi connectivity index (χ0) is 9.54. The number of hydrogen-bond donors (Lipinski definition) is 0. The van der Waals surface area contributed by atoms with Crippen LogP contribution < -0.4 is 0 Å². The molecule has 3 nitrogen and oxygen atoms in total. The fourth-order valence-electron chi connectivity index (χ4n) is 0.321. The minimum Gasteiger partial charge on any atom is -0.214 e. The molecule has 0 unspecified atom stereocenters. The third-order valence-electron chi connectivity index (χ3n) is 0.556. The van der Waals surface area contributed by atoms with Gasteiger partial charge in [-0.25, -0.2) is 12.1 Å². The van der Waals surface area contributed by atoms with Crippen LogP contribution in [0, 0.1) is 20.0 Å². The van der Waals surface area contributed by atoms with E-state index < -0.39 is 0 Å². The summed E-state index contributed by atoms with van der Waals surface area (Å²) >= 11 is 0. The summed E-state index contributed by atoms with van der Waals surface area (Å²) in [5.41, 5.74) is 0. The van der Waals surface area contributed by atoms with Gasteiger partial charge in [0.25, 0.3) is 0 Å². The second kappa shape index (κ2) is 48.5. The molecule has 4 heteroatoms. The molecule has 0 aliphatic carbocycles. The number of hydrogen-bond acceptors (Lipinski definition) is 0. The quantitative estimate of drug-likeness (QED) is 0.508. The molecule has 0 saturated carbocycles. The van der Waals surface area contributed by atoms with E-state index in [-0.39, 0.29) is 21.1 Å². The van der Waals surface area contributed by atoms with Gasteiger partial charge in [-0.2, -0.15) is 18.2 Å². The molecule has 0 aliphatic rings. The summed E-state index contributed by atoms with van der Waals surface area (Å²) < 4.78 is 22.5. The molecule has 0 amide bonds. The van der Waals surface area contributed by atoms with Gasteiger partial charge >= 0.3 is 55.0 Å². The Morgan fingerprint density at radius 1 is 0.750 bits per heavy atom. The molecule has 0 N–H and O–H groups in total. The Kier molecular flexibility index (Phi) is 90.9. The predicted molar refractivity (Wildman–Crippen MR) is 33.8 cm³/mol. The molecule has 12 heavy (non-hydrogen) atoms. The predicted octanol–water partition coefficient (Wildman–Crippen LogP) is 1.29. The van der Waals surface area contributed by atoms with Crippen LogP contribution >= 0.6 is 0 Å². The van der Waals surface area contributed by atoms with Crippen molar-refractivity contribution in [3.8, 4) is 0 Å². The van der Waals surface area contributed by atoms with Crippen LogP contribution in [0.2, 0.25) is 0 Å². The second-order valence-corrected chi connectivity index (χ2v) is 0.962.